The molecule has 0 aliphatic carbocycles. The number of hydrogen-bond donors (Lipinski definition) is 0. The summed E-state index contributed by atoms with van der Waals surface area (Å²) in [5, 5.41) is 0. The van der Waals surface area contributed by atoms with Crippen LogP contribution in [0.15, 0.2) is 54.9 Å². The molecule has 2 heterocycles. The monoisotopic (exact) mass is 268 g/mol. The summed E-state index contributed by atoms with van der Waals surface area (Å²) in [6, 6.07) is 13.5. The molecule has 1 aliphatic rings. The van der Waals surface area contributed by atoms with Crippen molar-refractivity contribution in [1.29, 1.82) is 0 Å². The highest BCUT2D eigenvalue weighted by molar-refractivity contribution is 5.79. The number of ether oxygens (including phenoxy) is 1. The van der Waals surface area contributed by atoms with Gasteiger partial charge in [-0.25, -0.2) is 0 Å². The largest absolute Gasteiger partial charge is 0.485 e. The van der Waals surface area contributed by atoms with Gasteiger partial charge in [0.15, 0.2) is 0 Å². The fourth-order valence-electron chi connectivity index (χ4n) is 2.21. The van der Waals surface area contributed by atoms with Crippen LogP contribution in [0.1, 0.15) is 5.56 Å². The number of carbonyl (C=O) groups is 1. The summed E-state index contributed by atoms with van der Waals surface area (Å²) in [7, 11) is 0. The molecule has 0 saturated carbocycles. The van der Waals surface area contributed by atoms with E-state index < -0.39 is 0 Å². The average molecular weight is 268 g/mol. The van der Waals surface area contributed by atoms with Crippen LogP contribution in [-0.4, -0.2) is 35.0 Å². The predicted molar refractivity (Wildman–Crippen MR) is 75.4 cm³/mol. The maximum atomic E-state index is 12.1. The molecule has 1 aliphatic heterocycles. The van der Waals surface area contributed by atoms with Crippen LogP contribution in [-0.2, 0) is 11.2 Å². The van der Waals surface area contributed by atoms with E-state index in [1.807, 2.05) is 47.4 Å². The summed E-state index contributed by atoms with van der Waals surface area (Å²) in [5.74, 6) is 0.912. The molecule has 0 unspecified atom stereocenters. The zero-order valence-electron chi connectivity index (χ0n) is 11.1. The first-order valence-corrected chi connectivity index (χ1v) is 6.69. The number of nitrogens with zero attached hydrogens (tertiary/aromatic N) is 2. The average Bonchev–Trinajstić information content (AvgIpc) is 2.44. The van der Waals surface area contributed by atoms with Crippen LogP contribution in [0.25, 0.3) is 0 Å². The van der Waals surface area contributed by atoms with Crippen molar-refractivity contribution in [2.24, 2.45) is 0 Å². The van der Waals surface area contributed by atoms with Crippen molar-refractivity contribution in [3.05, 3.63) is 60.4 Å². The predicted octanol–water partition coefficient (Wildman–Crippen LogP) is 1.91. The maximum Gasteiger partial charge on any atom is 0.227 e. The maximum absolute atomic E-state index is 12.1. The van der Waals surface area contributed by atoms with E-state index in [4.69, 9.17) is 4.74 Å². The fraction of sp³-hybridized carbons (Fsp3) is 0.250. The summed E-state index contributed by atoms with van der Waals surface area (Å²) in [5.41, 5.74) is 1.05. The molecule has 4 nitrogen and oxygen atoms in total. The fourth-order valence-corrected chi connectivity index (χ4v) is 2.21. The Morgan fingerprint density at radius 3 is 2.70 bits per heavy atom. The highest BCUT2D eigenvalue weighted by Gasteiger charge is 2.31. The number of amides is 1. The summed E-state index contributed by atoms with van der Waals surface area (Å²) < 4.78 is 5.72. The molecule has 1 fully saturated rings. The first-order chi connectivity index (χ1) is 9.81. The lowest BCUT2D eigenvalue weighted by atomic mass is 10.1. The number of benzene rings is 1. The minimum atomic E-state index is 0.0823. The molecule has 102 valence electrons. The number of carbonyl (C=O) groups excluding carboxylic acids is 1. The van der Waals surface area contributed by atoms with Crippen LogP contribution < -0.4 is 4.74 Å². The molecule has 0 radical (unpaired) electrons. The van der Waals surface area contributed by atoms with Crippen LogP contribution in [0.3, 0.4) is 0 Å². The number of hydrogen-bond acceptors (Lipinski definition) is 3. The van der Waals surface area contributed by atoms with E-state index in [1.165, 1.54) is 0 Å². The van der Waals surface area contributed by atoms with Crippen LogP contribution in [0.4, 0.5) is 0 Å². The van der Waals surface area contributed by atoms with Gasteiger partial charge in [-0.1, -0.05) is 30.3 Å². The highest BCUT2D eigenvalue weighted by atomic mass is 16.5. The number of likely N-dealkylation sites (tertiary alicyclic amines) is 1. The third-order valence-corrected chi connectivity index (χ3v) is 3.34. The zero-order chi connectivity index (χ0) is 13.8. The molecule has 0 N–H and O–H groups in total. The minimum absolute atomic E-state index is 0.0823. The summed E-state index contributed by atoms with van der Waals surface area (Å²) in [4.78, 5) is 17.9. The number of aromatic nitrogens is 1. The third kappa shape index (κ3) is 2.96. The van der Waals surface area contributed by atoms with Crippen molar-refractivity contribution < 1.29 is 9.53 Å². The van der Waals surface area contributed by atoms with Crippen LogP contribution in [0.5, 0.6) is 5.75 Å². The van der Waals surface area contributed by atoms with E-state index in [1.54, 1.807) is 12.4 Å². The molecular formula is C16H16N2O2. The molecule has 1 amide bonds. The molecule has 4 heteroatoms. The van der Waals surface area contributed by atoms with E-state index in [0.717, 1.165) is 11.3 Å². The molecule has 1 aromatic carbocycles. The van der Waals surface area contributed by atoms with Gasteiger partial charge in [0.2, 0.25) is 5.91 Å². The molecular weight excluding hydrogens is 252 g/mol. The van der Waals surface area contributed by atoms with Crippen LogP contribution >= 0.6 is 0 Å². The van der Waals surface area contributed by atoms with Gasteiger partial charge in [0.25, 0.3) is 0 Å². The van der Waals surface area contributed by atoms with E-state index in [0.29, 0.717) is 19.5 Å². The molecule has 1 saturated heterocycles. The third-order valence-electron chi connectivity index (χ3n) is 3.34. The Balaban J connectivity index is 1.47. The van der Waals surface area contributed by atoms with Gasteiger partial charge >= 0.3 is 0 Å². The summed E-state index contributed by atoms with van der Waals surface area (Å²) >= 11 is 0. The zero-order valence-corrected chi connectivity index (χ0v) is 11.1. The van der Waals surface area contributed by atoms with E-state index in [2.05, 4.69) is 4.98 Å². The van der Waals surface area contributed by atoms with E-state index in [-0.39, 0.29) is 12.0 Å². The van der Waals surface area contributed by atoms with E-state index >= 15 is 0 Å². The van der Waals surface area contributed by atoms with Crippen molar-refractivity contribution in [2.45, 2.75) is 12.5 Å². The molecule has 20 heavy (non-hydrogen) atoms. The van der Waals surface area contributed by atoms with Gasteiger partial charge in [-0.15, -0.1) is 0 Å². The molecule has 3 rings (SSSR count). The molecule has 2 aromatic rings. The van der Waals surface area contributed by atoms with Crippen molar-refractivity contribution in [3.63, 3.8) is 0 Å². The summed E-state index contributed by atoms with van der Waals surface area (Å²) in [6.07, 6.45) is 3.94. The lowest BCUT2D eigenvalue weighted by molar-refractivity contribution is -0.139. The van der Waals surface area contributed by atoms with Gasteiger partial charge in [-0.2, -0.15) is 0 Å². The quantitative estimate of drug-likeness (QED) is 0.850. The van der Waals surface area contributed by atoms with Gasteiger partial charge in [0.05, 0.1) is 25.7 Å². The lowest BCUT2D eigenvalue weighted by Crippen LogP contribution is -2.56. The van der Waals surface area contributed by atoms with Gasteiger partial charge < -0.3 is 9.64 Å². The second kappa shape index (κ2) is 5.74. The summed E-state index contributed by atoms with van der Waals surface area (Å²) in [6.45, 7) is 1.31. The minimum Gasteiger partial charge on any atom is -0.485 e. The molecule has 0 bridgehead atoms. The first-order valence-electron chi connectivity index (χ1n) is 6.69. The Morgan fingerprint density at radius 2 is 2.00 bits per heavy atom. The van der Waals surface area contributed by atoms with Crippen molar-refractivity contribution >= 4 is 5.91 Å². The van der Waals surface area contributed by atoms with Crippen molar-refractivity contribution in [1.82, 2.24) is 9.88 Å². The second-order valence-electron chi connectivity index (χ2n) is 4.89. The van der Waals surface area contributed by atoms with Crippen LogP contribution in [0, 0.1) is 0 Å². The van der Waals surface area contributed by atoms with Gasteiger partial charge in [-0.3, -0.25) is 9.78 Å². The van der Waals surface area contributed by atoms with Crippen molar-refractivity contribution in [3.8, 4) is 5.75 Å². The Morgan fingerprint density at radius 1 is 1.20 bits per heavy atom. The van der Waals surface area contributed by atoms with Gasteiger partial charge in [-0.05, 0) is 17.7 Å². The number of rotatable bonds is 4. The lowest BCUT2D eigenvalue weighted by Gasteiger charge is -2.39. The van der Waals surface area contributed by atoms with Gasteiger partial charge in [0.1, 0.15) is 11.9 Å². The smallest absolute Gasteiger partial charge is 0.227 e. The Kier molecular flexibility index (Phi) is 3.63. The van der Waals surface area contributed by atoms with Gasteiger partial charge in [0, 0.05) is 6.20 Å². The second-order valence-corrected chi connectivity index (χ2v) is 4.89. The molecule has 0 atom stereocenters. The number of pyridine rings is 1. The Hall–Kier alpha value is -2.36. The molecule has 0 spiro atoms. The first kappa shape index (κ1) is 12.7. The Labute approximate surface area is 118 Å². The SMILES string of the molecule is O=C(Cc1ccccc1)N1CC(Oc2cccnc2)C1. The standard InChI is InChI=1S/C16H16N2O2/c19-16(9-13-5-2-1-3-6-13)18-11-15(12-18)20-14-7-4-8-17-10-14/h1-8,10,15H,9,11-12H2. The Bertz CT molecular complexity index is 566. The topological polar surface area (TPSA) is 42.4 Å². The van der Waals surface area contributed by atoms with Crippen LogP contribution in [0.2, 0.25) is 0 Å². The van der Waals surface area contributed by atoms with Crippen molar-refractivity contribution in [2.75, 3.05) is 13.1 Å². The normalized spacial score (nSPS) is 14.7. The van der Waals surface area contributed by atoms with E-state index in [9.17, 15) is 4.79 Å². The molecule has 1 aromatic heterocycles. The highest BCUT2D eigenvalue weighted by Crippen LogP contribution is 2.17.